The topological polar surface area (TPSA) is 47.9 Å². The Morgan fingerprint density at radius 3 is 1.36 bits per heavy atom. The van der Waals surface area contributed by atoms with Crippen LogP contribution in [-0.2, 0) is 5.41 Å². The Bertz CT molecular complexity index is 2840. The summed E-state index contributed by atoms with van der Waals surface area (Å²) in [6, 6.07) is 70.3. The van der Waals surface area contributed by atoms with E-state index in [1.807, 2.05) is 60.7 Å². The maximum Gasteiger partial charge on any atom is 0.164 e. The molecule has 0 saturated heterocycles. The first kappa shape index (κ1) is 32.0. The summed E-state index contributed by atoms with van der Waals surface area (Å²) in [6.45, 7) is 0. The highest BCUT2D eigenvalue weighted by atomic mass is 16.5. The third-order valence-corrected chi connectivity index (χ3v) is 11.2. The zero-order chi connectivity index (χ0) is 37.1. The minimum absolute atomic E-state index is 0.503. The first-order valence-electron chi connectivity index (χ1n) is 18.9. The quantitative estimate of drug-likeness (QED) is 0.178. The summed E-state index contributed by atoms with van der Waals surface area (Å²) in [6.07, 6.45) is 0. The molecule has 0 N–H and O–H groups in total. The molecule has 11 rings (SSSR count). The second kappa shape index (κ2) is 12.9. The van der Waals surface area contributed by atoms with Gasteiger partial charge in [-0.15, -0.1) is 0 Å². The fraction of sp³-hybridized carbons (Fsp3) is 0.0192. The molecule has 0 fully saturated rings. The summed E-state index contributed by atoms with van der Waals surface area (Å²) in [5.74, 6) is 3.74. The average Bonchev–Trinajstić information content (AvgIpc) is 3.58. The van der Waals surface area contributed by atoms with E-state index < -0.39 is 5.41 Å². The molecule has 4 nitrogen and oxygen atoms in total. The Kier molecular flexibility index (Phi) is 7.36. The molecule has 0 atom stereocenters. The average molecular weight is 716 g/mol. The third kappa shape index (κ3) is 4.96. The number of benzene rings is 8. The number of ether oxygens (including phenoxy) is 1. The van der Waals surface area contributed by atoms with E-state index in [1.54, 1.807) is 0 Å². The van der Waals surface area contributed by atoms with Gasteiger partial charge in [-0.2, -0.15) is 0 Å². The molecule has 4 heteroatoms. The molecule has 0 bridgehead atoms. The molecular weight excluding hydrogens is 683 g/mol. The van der Waals surface area contributed by atoms with E-state index in [1.165, 1.54) is 44.5 Å². The highest BCUT2D eigenvalue weighted by molar-refractivity contribution is 5.97. The lowest BCUT2D eigenvalue weighted by Gasteiger charge is -2.39. The van der Waals surface area contributed by atoms with E-state index in [0.29, 0.717) is 17.5 Å². The van der Waals surface area contributed by atoms with E-state index >= 15 is 0 Å². The lowest BCUT2D eigenvalue weighted by molar-refractivity contribution is 0.436. The molecule has 2 heterocycles. The van der Waals surface area contributed by atoms with Crippen LogP contribution in [0.4, 0.5) is 0 Å². The van der Waals surface area contributed by atoms with E-state index in [4.69, 9.17) is 19.7 Å². The van der Waals surface area contributed by atoms with Gasteiger partial charge in [0.15, 0.2) is 17.5 Å². The highest BCUT2D eigenvalue weighted by Gasteiger charge is 2.51. The Labute approximate surface area is 325 Å². The zero-order valence-corrected chi connectivity index (χ0v) is 30.3. The number of rotatable bonds is 5. The summed E-state index contributed by atoms with van der Waals surface area (Å²) >= 11 is 0. The second-order valence-electron chi connectivity index (χ2n) is 14.3. The maximum absolute atomic E-state index is 6.55. The van der Waals surface area contributed by atoms with Crippen molar-refractivity contribution in [1.29, 1.82) is 0 Å². The van der Waals surface area contributed by atoms with Gasteiger partial charge in [-0.25, -0.2) is 15.0 Å². The number of aromatic nitrogens is 3. The van der Waals surface area contributed by atoms with Gasteiger partial charge in [-0.3, -0.25) is 0 Å². The van der Waals surface area contributed by atoms with Gasteiger partial charge in [0.2, 0.25) is 0 Å². The van der Waals surface area contributed by atoms with Gasteiger partial charge in [0.1, 0.15) is 11.5 Å². The normalized spacial score (nSPS) is 12.9. The first-order valence-corrected chi connectivity index (χ1v) is 18.9. The van der Waals surface area contributed by atoms with Crippen molar-refractivity contribution in [3.63, 3.8) is 0 Å². The van der Waals surface area contributed by atoms with Gasteiger partial charge in [-0.05, 0) is 62.7 Å². The van der Waals surface area contributed by atoms with E-state index in [9.17, 15) is 0 Å². The summed E-state index contributed by atoms with van der Waals surface area (Å²) in [7, 11) is 0. The molecule has 9 aromatic rings. The molecule has 2 aliphatic rings. The molecule has 0 radical (unpaired) electrons. The number of para-hydroxylation sites is 2. The van der Waals surface area contributed by atoms with Crippen LogP contribution in [0.1, 0.15) is 22.3 Å². The van der Waals surface area contributed by atoms with Crippen LogP contribution in [0.5, 0.6) is 11.5 Å². The van der Waals surface area contributed by atoms with Gasteiger partial charge < -0.3 is 4.74 Å². The van der Waals surface area contributed by atoms with E-state index in [2.05, 4.69) is 140 Å². The second-order valence-corrected chi connectivity index (χ2v) is 14.3. The van der Waals surface area contributed by atoms with Crippen molar-refractivity contribution in [1.82, 2.24) is 15.0 Å². The molecule has 1 aliphatic heterocycles. The third-order valence-electron chi connectivity index (χ3n) is 11.2. The lowest BCUT2D eigenvalue weighted by Crippen LogP contribution is -2.32. The van der Waals surface area contributed by atoms with Crippen molar-refractivity contribution in [3.05, 3.63) is 222 Å². The Hall–Kier alpha value is -7.43. The van der Waals surface area contributed by atoms with Crippen molar-refractivity contribution in [2.45, 2.75) is 5.41 Å². The van der Waals surface area contributed by atoms with Gasteiger partial charge in [-0.1, -0.05) is 182 Å². The van der Waals surface area contributed by atoms with Gasteiger partial charge in [0.05, 0.1) is 5.41 Å². The Balaban J connectivity index is 1.01. The Morgan fingerprint density at radius 1 is 0.304 bits per heavy atom. The van der Waals surface area contributed by atoms with Crippen molar-refractivity contribution < 1.29 is 4.74 Å². The lowest BCUT2D eigenvalue weighted by atomic mass is 9.66. The molecule has 0 saturated carbocycles. The van der Waals surface area contributed by atoms with Crippen molar-refractivity contribution >= 4 is 0 Å². The van der Waals surface area contributed by atoms with Crippen LogP contribution in [-0.4, -0.2) is 15.0 Å². The summed E-state index contributed by atoms with van der Waals surface area (Å²) < 4.78 is 6.55. The van der Waals surface area contributed by atoms with Crippen LogP contribution in [0.3, 0.4) is 0 Å². The molecule has 1 aromatic heterocycles. The summed E-state index contributed by atoms with van der Waals surface area (Å²) in [5.41, 5.74) is 14.4. The molecule has 8 aromatic carbocycles. The number of hydrogen-bond acceptors (Lipinski definition) is 4. The maximum atomic E-state index is 6.55. The number of fused-ring (bicyclic) bond motifs is 9. The zero-order valence-electron chi connectivity index (χ0n) is 30.3. The van der Waals surface area contributed by atoms with Crippen LogP contribution < -0.4 is 4.74 Å². The first-order chi connectivity index (χ1) is 27.8. The monoisotopic (exact) mass is 715 g/mol. The van der Waals surface area contributed by atoms with E-state index in [-0.39, 0.29) is 0 Å². The van der Waals surface area contributed by atoms with Crippen molar-refractivity contribution in [2.75, 3.05) is 0 Å². The van der Waals surface area contributed by atoms with Gasteiger partial charge >= 0.3 is 0 Å². The number of hydrogen-bond donors (Lipinski definition) is 0. The fourth-order valence-corrected chi connectivity index (χ4v) is 8.76. The van der Waals surface area contributed by atoms with Gasteiger partial charge in [0.25, 0.3) is 0 Å². The van der Waals surface area contributed by atoms with Crippen molar-refractivity contribution in [3.8, 4) is 79.0 Å². The predicted octanol–water partition coefficient (Wildman–Crippen LogP) is 12.7. The smallest absolute Gasteiger partial charge is 0.164 e. The van der Waals surface area contributed by atoms with Crippen LogP contribution in [0, 0.1) is 0 Å². The van der Waals surface area contributed by atoms with Crippen LogP contribution in [0.2, 0.25) is 0 Å². The van der Waals surface area contributed by atoms with Crippen LogP contribution >= 0.6 is 0 Å². The molecule has 0 amide bonds. The van der Waals surface area contributed by atoms with E-state index in [0.717, 1.165) is 39.3 Å². The molecule has 1 aliphatic carbocycles. The van der Waals surface area contributed by atoms with Crippen molar-refractivity contribution in [2.24, 2.45) is 0 Å². The molecule has 262 valence electrons. The summed E-state index contributed by atoms with van der Waals surface area (Å²) in [4.78, 5) is 14.7. The number of nitrogens with zero attached hydrogens (tertiary/aromatic N) is 3. The molecule has 56 heavy (non-hydrogen) atoms. The highest BCUT2D eigenvalue weighted by Crippen LogP contribution is 2.63. The van der Waals surface area contributed by atoms with Crippen LogP contribution in [0.15, 0.2) is 200 Å². The minimum atomic E-state index is -0.503. The standard InChI is InChI=1S/C52H33N3O/c1-3-15-35(16-4-1)49-53-50(36-17-5-2-6-18-36)55-51(54-49)37-31-29-34(30-32-37)38-19-13-20-39(33-38)40-22-14-26-45-48(40)41-21-7-8-23-42(41)52(45)43-24-9-11-27-46(43)56-47-28-12-10-25-44(47)52/h1-33H. The minimum Gasteiger partial charge on any atom is -0.457 e. The van der Waals surface area contributed by atoms with Gasteiger partial charge in [0, 0.05) is 27.8 Å². The molecule has 1 spiro atoms. The summed E-state index contributed by atoms with van der Waals surface area (Å²) in [5, 5.41) is 0. The Morgan fingerprint density at radius 2 is 0.732 bits per heavy atom. The molecule has 0 unspecified atom stereocenters. The van der Waals surface area contributed by atoms with Crippen LogP contribution in [0.25, 0.3) is 67.5 Å². The molecular formula is C52H33N3O. The fourth-order valence-electron chi connectivity index (χ4n) is 8.76. The largest absolute Gasteiger partial charge is 0.457 e. The predicted molar refractivity (Wildman–Crippen MR) is 224 cm³/mol. The SMILES string of the molecule is c1ccc(-c2nc(-c3ccccc3)nc(-c3ccc(-c4cccc(-c5cccc6c5-c5ccccc5C65c6ccccc6Oc6ccccc65)c4)cc3)n2)cc1.